The van der Waals surface area contributed by atoms with Gasteiger partial charge in [-0.25, -0.2) is 0 Å². The van der Waals surface area contributed by atoms with Crippen LogP contribution in [-0.4, -0.2) is 46.0 Å². The fourth-order valence-electron chi connectivity index (χ4n) is 2.98. The Bertz CT molecular complexity index is 967. The molecule has 0 aliphatic heterocycles. The molecular formula is C20H21NO6. The lowest BCUT2D eigenvalue weighted by Gasteiger charge is -2.14. The minimum absolute atomic E-state index is 0.239. The molecule has 2 aromatic carbocycles. The zero-order valence-electron chi connectivity index (χ0n) is 15.9. The third kappa shape index (κ3) is 3.12. The van der Waals surface area contributed by atoms with Gasteiger partial charge in [0.25, 0.3) is 5.91 Å². The monoisotopic (exact) mass is 371 g/mol. The second kappa shape index (κ2) is 7.49. The lowest BCUT2D eigenvalue weighted by Crippen LogP contribution is -2.11. The molecule has 3 rings (SSSR count). The van der Waals surface area contributed by atoms with Crippen LogP contribution in [0.2, 0.25) is 0 Å². The number of nitrogens with zero attached hydrogens (tertiary/aromatic N) is 1. The standard InChI is InChI=1S/C20H21NO6/c1-23-15-8-12-6-7-21(14(12)11-16(15)24-2)20(22)13-9-17(25-3)19(27-5)18(10-13)26-4/h6-11H,1-5H3. The van der Waals surface area contributed by atoms with Crippen molar-refractivity contribution >= 4 is 16.8 Å². The molecule has 0 N–H and O–H groups in total. The van der Waals surface area contributed by atoms with Crippen molar-refractivity contribution in [2.75, 3.05) is 35.5 Å². The first-order valence-corrected chi connectivity index (χ1v) is 8.15. The summed E-state index contributed by atoms with van der Waals surface area (Å²) in [6.45, 7) is 0. The van der Waals surface area contributed by atoms with E-state index in [9.17, 15) is 4.79 Å². The first-order valence-electron chi connectivity index (χ1n) is 8.15. The lowest BCUT2D eigenvalue weighted by atomic mass is 10.1. The van der Waals surface area contributed by atoms with Gasteiger partial charge >= 0.3 is 0 Å². The molecule has 7 heteroatoms. The molecule has 0 saturated carbocycles. The van der Waals surface area contributed by atoms with Crippen LogP contribution in [0.4, 0.5) is 0 Å². The molecular weight excluding hydrogens is 350 g/mol. The molecule has 7 nitrogen and oxygen atoms in total. The zero-order valence-corrected chi connectivity index (χ0v) is 15.9. The molecule has 0 atom stereocenters. The van der Waals surface area contributed by atoms with Gasteiger partial charge in [-0.05, 0) is 24.3 Å². The van der Waals surface area contributed by atoms with Gasteiger partial charge in [-0.1, -0.05) is 0 Å². The van der Waals surface area contributed by atoms with Gasteiger partial charge in [-0.3, -0.25) is 9.36 Å². The van der Waals surface area contributed by atoms with Crippen molar-refractivity contribution in [3.05, 3.63) is 42.1 Å². The summed E-state index contributed by atoms with van der Waals surface area (Å²) in [5.41, 5.74) is 1.10. The predicted octanol–water partition coefficient (Wildman–Crippen LogP) is 3.37. The summed E-state index contributed by atoms with van der Waals surface area (Å²) >= 11 is 0. The van der Waals surface area contributed by atoms with Crippen molar-refractivity contribution < 1.29 is 28.5 Å². The van der Waals surface area contributed by atoms with Gasteiger partial charge in [0.05, 0.1) is 41.1 Å². The maximum absolute atomic E-state index is 13.2. The number of benzene rings is 2. The van der Waals surface area contributed by atoms with E-state index in [1.54, 1.807) is 38.6 Å². The Kier molecular flexibility index (Phi) is 5.12. The van der Waals surface area contributed by atoms with Crippen LogP contribution in [0.3, 0.4) is 0 Å². The minimum Gasteiger partial charge on any atom is -0.493 e. The van der Waals surface area contributed by atoms with E-state index in [-0.39, 0.29) is 5.91 Å². The fourth-order valence-corrected chi connectivity index (χ4v) is 2.98. The molecule has 0 saturated heterocycles. The third-order valence-corrected chi connectivity index (χ3v) is 4.33. The topological polar surface area (TPSA) is 68.2 Å². The van der Waals surface area contributed by atoms with Crippen molar-refractivity contribution in [1.29, 1.82) is 0 Å². The number of fused-ring (bicyclic) bond motifs is 1. The average molecular weight is 371 g/mol. The number of hydrogen-bond acceptors (Lipinski definition) is 6. The molecule has 0 fully saturated rings. The molecule has 0 radical (unpaired) electrons. The molecule has 0 unspecified atom stereocenters. The Morgan fingerprint density at radius 2 is 1.30 bits per heavy atom. The molecule has 142 valence electrons. The molecule has 27 heavy (non-hydrogen) atoms. The Hall–Kier alpha value is -3.35. The predicted molar refractivity (Wildman–Crippen MR) is 101 cm³/mol. The van der Waals surface area contributed by atoms with Crippen molar-refractivity contribution in [2.24, 2.45) is 0 Å². The highest BCUT2D eigenvalue weighted by Gasteiger charge is 2.20. The van der Waals surface area contributed by atoms with Gasteiger partial charge < -0.3 is 23.7 Å². The molecule has 0 aliphatic rings. The van der Waals surface area contributed by atoms with E-state index < -0.39 is 0 Å². The molecule has 0 bridgehead atoms. The van der Waals surface area contributed by atoms with Crippen molar-refractivity contribution in [3.63, 3.8) is 0 Å². The maximum atomic E-state index is 13.2. The highest BCUT2D eigenvalue weighted by Crippen LogP contribution is 2.39. The summed E-state index contributed by atoms with van der Waals surface area (Å²) in [5, 5.41) is 0.855. The summed E-state index contributed by atoms with van der Waals surface area (Å²) in [4.78, 5) is 13.2. The van der Waals surface area contributed by atoms with Crippen LogP contribution in [0.1, 0.15) is 10.4 Å². The number of carbonyl (C=O) groups is 1. The summed E-state index contributed by atoms with van der Waals surface area (Å²) in [6.07, 6.45) is 1.70. The van der Waals surface area contributed by atoms with E-state index in [0.29, 0.717) is 39.8 Å². The highest BCUT2D eigenvalue weighted by atomic mass is 16.5. The first-order chi connectivity index (χ1) is 13.1. The Labute approximate surface area is 157 Å². The molecule has 0 aliphatic carbocycles. The van der Waals surface area contributed by atoms with Crippen LogP contribution in [0.5, 0.6) is 28.7 Å². The van der Waals surface area contributed by atoms with Crippen molar-refractivity contribution in [1.82, 2.24) is 4.57 Å². The summed E-state index contributed by atoms with van der Waals surface area (Å²) < 4.78 is 28.2. The number of carbonyl (C=O) groups excluding carboxylic acids is 1. The third-order valence-electron chi connectivity index (χ3n) is 4.33. The van der Waals surface area contributed by atoms with Gasteiger partial charge in [-0.2, -0.15) is 0 Å². The van der Waals surface area contributed by atoms with E-state index >= 15 is 0 Å². The fraction of sp³-hybridized carbons (Fsp3) is 0.250. The van der Waals surface area contributed by atoms with E-state index in [2.05, 4.69) is 0 Å². The molecule has 0 amide bonds. The molecule has 1 aromatic heterocycles. The van der Waals surface area contributed by atoms with Crippen LogP contribution in [-0.2, 0) is 0 Å². The number of aromatic nitrogens is 1. The van der Waals surface area contributed by atoms with Gasteiger partial charge in [0.15, 0.2) is 23.0 Å². The van der Waals surface area contributed by atoms with Crippen LogP contribution < -0.4 is 23.7 Å². The van der Waals surface area contributed by atoms with E-state index in [1.165, 1.54) is 25.9 Å². The Balaban J connectivity index is 2.13. The molecule has 3 aromatic rings. The quantitative estimate of drug-likeness (QED) is 0.662. The van der Waals surface area contributed by atoms with Gasteiger partial charge in [0.2, 0.25) is 5.75 Å². The maximum Gasteiger partial charge on any atom is 0.262 e. The molecule has 1 heterocycles. The van der Waals surface area contributed by atoms with Crippen LogP contribution in [0, 0.1) is 0 Å². The zero-order chi connectivity index (χ0) is 19.6. The molecule has 0 spiro atoms. The summed E-state index contributed by atoms with van der Waals surface area (Å²) in [7, 11) is 7.65. The number of ether oxygens (including phenoxy) is 5. The largest absolute Gasteiger partial charge is 0.493 e. The lowest BCUT2D eigenvalue weighted by molar-refractivity contribution is 0.0964. The number of methoxy groups -OCH3 is 5. The minimum atomic E-state index is -0.239. The second-order valence-electron chi connectivity index (χ2n) is 5.67. The number of hydrogen-bond donors (Lipinski definition) is 0. The smallest absolute Gasteiger partial charge is 0.262 e. The average Bonchev–Trinajstić information content (AvgIpc) is 3.13. The summed E-state index contributed by atoms with van der Waals surface area (Å²) in [5.74, 6) is 2.16. The van der Waals surface area contributed by atoms with Gasteiger partial charge in [-0.15, -0.1) is 0 Å². The number of rotatable bonds is 6. The van der Waals surface area contributed by atoms with E-state index in [0.717, 1.165) is 5.39 Å². The van der Waals surface area contributed by atoms with Crippen molar-refractivity contribution in [2.45, 2.75) is 0 Å². The summed E-state index contributed by atoms with van der Waals surface area (Å²) in [6, 6.07) is 8.68. The normalized spacial score (nSPS) is 10.6. The van der Waals surface area contributed by atoms with Crippen molar-refractivity contribution in [3.8, 4) is 28.7 Å². The van der Waals surface area contributed by atoms with Crippen LogP contribution >= 0.6 is 0 Å². The Morgan fingerprint density at radius 3 is 1.81 bits per heavy atom. The van der Waals surface area contributed by atoms with Gasteiger partial charge in [0.1, 0.15) is 0 Å². The van der Waals surface area contributed by atoms with E-state index in [1.807, 2.05) is 12.1 Å². The van der Waals surface area contributed by atoms with Crippen LogP contribution in [0.15, 0.2) is 36.5 Å². The van der Waals surface area contributed by atoms with Gasteiger partial charge in [0, 0.05) is 23.2 Å². The van der Waals surface area contributed by atoms with E-state index in [4.69, 9.17) is 23.7 Å². The first kappa shape index (κ1) is 18.4. The SMILES string of the molecule is COc1cc2ccn(C(=O)c3cc(OC)c(OC)c(OC)c3)c2cc1OC. The second-order valence-corrected chi connectivity index (χ2v) is 5.67. The Morgan fingerprint density at radius 1 is 0.741 bits per heavy atom. The van der Waals surface area contributed by atoms with Crippen LogP contribution in [0.25, 0.3) is 10.9 Å². The highest BCUT2D eigenvalue weighted by molar-refractivity contribution is 6.03.